The van der Waals surface area contributed by atoms with E-state index in [1.807, 2.05) is 0 Å². The van der Waals surface area contributed by atoms with Crippen LogP contribution in [-0.4, -0.2) is 62.7 Å². The fourth-order valence-corrected chi connectivity index (χ4v) is 6.96. The summed E-state index contributed by atoms with van der Waals surface area (Å²) >= 11 is 0. The van der Waals surface area contributed by atoms with Crippen molar-refractivity contribution < 1.29 is 48.5 Å². The van der Waals surface area contributed by atoms with Crippen LogP contribution in [0.3, 0.4) is 0 Å². The number of carbonyl (C=O) groups excluding carboxylic acids is 7. The second-order valence-electron chi connectivity index (χ2n) is 11.4. The van der Waals surface area contributed by atoms with Crippen LogP contribution in [0.25, 0.3) is 0 Å². The molecule has 2 saturated carbocycles. The van der Waals surface area contributed by atoms with Gasteiger partial charge in [0, 0.05) is 23.8 Å². The van der Waals surface area contributed by atoms with Crippen LogP contribution in [0.5, 0.6) is 5.75 Å². The van der Waals surface area contributed by atoms with Crippen LogP contribution < -0.4 is 5.73 Å². The zero-order chi connectivity index (χ0) is 30.8. The lowest BCUT2D eigenvalue weighted by Gasteiger charge is -2.53. The van der Waals surface area contributed by atoms with Crippen LogP contribution in [0, 0.1) is 30.6 Å². The van der Waals surface area contributed by atoms with Crippen molar-refractivity contribution in [3.8, 4) is 5.75 Å². The SMILES string of the molecule is CC(=O)c1cc(C)ccc1CC(=O)O[C@H]1[C@H]2C(C(=O)c3c(O)cccc3[C@@H]2C)C(=O)[C@]2(O)C(=O)C(C(N)=O)C(=O)C[C@H]12. The van der Waals surface area contributed by atoms with E-state index < -0.39 is 94.9 Å². The zero-order valence-corrected chi connectivity index (χ0v) is 23.1. The van der Waals surface area contributed by atoms with Gasteiger partial charge in [-0.15, -0.1) is 0 Å². The van der Waals surface area contributed by atoms with E-state index in [0.717, 1.165) is 5.56 Å². The van der Waals surface area contributed by atoms with Crippen molar-refractivity contribution in [1.29, 1.82) is 0 Å². The molecule has 5 rings (SSSR count). The number of Topliss-reactive ketones (excluding diaryl/α,β-unsaturated/α-hetero) is 5. The summed E-state index contributed by atoms with van der Waals surface area (Å²) in [6, 6.07) is 9.25. The van der Waals surface area contributed by atoms with E-state index in [2.05, 4.69) is 0 Å². The van der Waals surface area contributed by atoms with Gasteiger partial charge in [0.1, 0.15) is 11.9 Å². The number of aliphatic hydroxyl groups is 1. The van der Waals surface area contributed by atoms with Crippen LogP contribution in [0.2, 0.25) is 0 Å². The Morgan fingerprint density at radius 1 is 1.07 bits per heavy atom. The fraction of sp³-hybridized carbons (Fsp3) is 0.387. The van der Waals surface area contributed by atoms with Crippen molar-refractivity contribution in [2.45, 2.75) is 51.2 Å². The first-order valence-corrected chi connectivity index (χ1v) is 13.5. The maximum absolute atomic E-state index is 13.9. The molecule has 0 aliphatic heterocycles. The van der Waals surface area contributed by atoms with Crippen LogP contribution in [0.15, 0.2) is 36.4 Å². The lowest BCUT2D eigenvalue weighted by atomic mass is 9.50. The van der Waals surface area contributed by atoms with Gasteiger partial charge in [0.05, 0.1) is 17.9 Å². The van der Waals surface area contributed by atoms with Gasteiger partial charge in [-0.25, -0.2) is 0 Å². The molecule has 11 heteroatoms. The first kappa shape index (κ1) is 29.0. The normalized spacial score (nSPS) is 30.2. The van der Waals surface area contributed by atoms with Crippen molar-refractivity contribution in [3.63, 3.8) is 0 Å². The Labute approximate surface area is 240 Å². The number of aromatic hydroxyl groups is 1. The predicted octanol–water partition coefficient (Wildman–Crippen LogP) is 1.16. The summed E-state index contributed by atoms with van der Waals surface area (Å²) in [6.45, 7) is 4.77. The number of aryl methyl sites for hydroxylation is 1. The smallest absolute Gasteiger partial charge is 0.310 e. The second kappa shape index (κ2) is 10.1. The molecule has 0 aromatic heterocycles. The van der Waals surface area contributed by atoms with E-state index in [0.29, 0.717) is 11.1 Å². The highest BCUT2D eigenvalue weighted by Crippen LogP contribution is 2.54. The maximum atomic E-state index is 13.9. The molecule has 218 valence electrons. The van der Waals surface area contributed by atoms with Gasteiger partial charge < -0.3 is 20.7 Å². The minimum absolute atomic E-state index is 0.164. The first-order chi connectivity index (χ1) is 19.7. The van der Waals surface area contributed by atoms with Gasteiger partial charge in [-0.05, 0) is 43.0 Å². The van der Waals surface area contributed by atoms with E-state index in [1.165, 1.54) is 19.1 Å². The number of benzene rings is 2. The number of ketones is 5. The van der Waals surface area contributed by atoms with Crippen LogP contribution in [-0.2, 0) is 35.1 Å². The molecule has 0 radical (unpaired) electrons. The molecular formula is C31H29NO10. The number of ether oxygens (including phenoxy) is 1. The lowest BCUT2D eigenvalue weighted by Crippen LogP contribution is -2.73. The van der Waals surface area contributed by atoms with Gasteiger partial charge in [-0.1, -0.05) is 36.8 Å². The third kappa shape index (κ3) is 4.18. The summed E-state index contributed by atoms with van der Waals surface area (Å²) in [4.78, 5) is 91.8. The summed E-state index contributed by atoms with van der Waals surface area (Å²) in [5.41, 5.74) is 3.86. The van der Waals surface area contributed by atoms with E-state index in [9.17, 15) is 43.8 Å². The number of rotatable bonds is 5. The third-order valence-corrected chi connectivity index (χ3v) is 8.94. The molecule has 3 aliphatic carbocycles. The minimum Gasteiger partial charge on any atom is -0.507 e. The molecule has 11 nitrogen and oxygen atoms in total. The van der Waals surface area contributed by atoms with Crippen molar-refractivity contribution in [2.24, 2.45) is 29.4 Å². The molecule has 0 saturated heterocycles. The molecule has 7 atom stereocenters. The Kier molecular flexibility index (Phi) is 6.97. The zero-order valence-electron chi connectivity index (χ0n) is 23.1. The van der Waals surface area contributed by atoms with Crippen LogP contribution >= 0.6 is 0 Å². The Balaban J connectivity index is 1.63. The largest absolute Gasteiger partial charge is 0.507 e. The number of primary amides is 1. The standard InChI is InChI=1S/C31H29NO10/c1-12-7-8-15(17(9-12)14(3)33)10-21(36)42-27-18-11-20(35)24(30(32)40)28(38)31(18,41)29(39)25-22(27)13(2)16-5-4-6-19(34)23(16)26(25)37/h4-9,13,18,22,24-25,27,34,41H,10-11H2,1-3H3,(H2,32,40)/t13-,18+,22+,24?,25?,27+,31+/m0/s1. The number of hydrogen-bond acceptors (Lipinski definition) is 10. The van der Waals surface area contributed by atoms with Gasteiger partial charge in [-0.3, -0.25) is 33.6 Å². The van der Waals surface area contributed by atoms with E-state index in [4.69, 9.17) is 10.5 Å². The average molecular weight is 576 g/mol. The number of fused-ring (bicyclic) bond motifs is 3. The molecule has 0 heterocycles. The summed E-state index contributed by atoms with van der Waals surface area (Å²) < 4.78 is 5.87. The van der Waals surface area contributed by atoms with Gasteiger partial charge in [0.15, 0.2) is 40.4 Å². The van der Waals surface area contributed by atoms with Gasteiger partial charge in [-0.2, -0.15) is 0 Å². The number of phenolic OH excluding ortho intramolecular Hbond substituents is 1. The molecule has 1 amide bonds. The Morgan fingerprint density at radius 3 is 2.40 bits per heavy atom. The molecular weight excluding hydrogens is 546 g/mol. The van der Waals surface area contributed by atoms with Crippen LogP contribution in [0.4, 0.5) is 0 Å². The fourth-order valence-electron chi connectivity index (χ4n) is 6.96. The Hall–Kier alpha value is -4.51. The average Bonchev–Trinajstić information content (AvgIpc) is 2.91. The Morgan fingerprint density at radius 2 is 1.76 bits per heavy atom. The molecule has 3 aliphatic rings. The molecule has 42 heavy (non-hydrogen) atoms. The highest BCUT2D eigenvalue weighted by atomic mass is 16.5. The second-order valence-corrected chi connectivity index (χ2v) is 11.4. The number of carbonyl (C=O) groups is 7. The van der Waals surface area contributed by atoms with E-state index in [-0.39, 0.29) is 16.9 Å². The minimum atomic E-state index is -3.04. The monoisotopic (exact) mass is 575 g/mol. The third-order valence-electron chi connectivity index (χ3n) is 8.94. The highest BCUT2D eigenvalue weighted by molar-refractivity contribution is 6.31. The molecule has 2 fully saturated rings. The molecule has 2 aromatic rings. The van der Waals surface area contributed by atoms with E-state index in [1.54, 1.807) is 38.1 Å². The van der Waals surface area contributed by atoms with E-state index >= 15 is 0 Å². The topological polar surface area (TPSA) is 195 Å². The summed E-state index contributed by atoms with van der Waals surface area (Å²) in [5.74, 6) is -14.8. The van der Waals surface area contributed by atoms with Crippen molar-refractivity contribution >= 4 is 40.8 Å². The first-order valence-electron chi connectivity index (χ1n) is 13.5. The van der Waals surface area contributed by atoms with Gasteiger partial charge in [0.2, 0.25) is 5.91 Å². The number of hydrogen-bond donors (Lipinski definition) is 3. The predicted molar refractivity (Wildman–Crippen MR) is 143 cm³/mol. The summed E-state index contributed by atoms with van der Waals surface area (Å²) in [7, 11) is 0. The van der Waals surface area contributed by atoms with Gasteiger partial charge >= 0.3 is 5.97 Å². The highest BCUT2D eigenvalue weighted by Gasteiger charge is 2.71. The number of esters is 1. The number of phenols is 1. The quantitative estimate of drug-likeness (QED) is 0.264. The number of nitrogens with two attached hydrogens (primary N) is 1. The summed E-state index contributed by atoms with van der Waals surface area (Å²) in [5, 5.41) is 22.2. The van der Waals surface area contributed by atoms with Crippen molar-refractivity contribution in [1.82, 2.24) is 0 Å². The lowest BCUT2D eigenvalue weighted by molar-refractivity contribution is -0.198. The molecule has 0 bridgehead atoms. The van der Waals surface area contributed by atoms with Crippen molar-refractivity contribution in [3.05, 3.63) is 64.2 Å². The van der Waals surface area contributed by atoms with Crippen LogP contribution in [0.1, 0.15) is 63.6 Å². The molecule has 4 N–H and O–H groups in total. The molecule has 0 spiro atoms. The molecule has 2 aromatic carbocycles. The van der Waals surface area contributed by atoms with Gasteiger partial charge in [0.25, 0.3) is 0 Å². The summed E-state index contributed by atoms with van der Waals surface area (Å²) in [6.07, 6.45) is -2.60. The van der Waals surface area contributed by atoms with Crippen molar-refractivity contribution in [2.75, 3.05) is 0 Å². The Bertz CT molecular complexity index is 1610. The number of amides is 1. The molecule has 2 unspecified atom stereocenters. The maximum Gasteiger partial charge on any atom is 0.310 e.